The molecule has 0 aliphatic heterocycles. The Balaban J connectivity index is 2.32. The first-order valence-corrected chi connectivity index (χ1v) is 10.4. The summed E-state index contributed by atoms with van der Waals surface area (Å²) in [6, 6.07) is 3.66. The van der Waals surface area contributed by atoms with Crippen LogP contribution in [0.2, 0.25) is 0 Å². The predicted octanol–water partition coefficient (Wildman–Crippen LogP) is 2.74. The van der Waals surface area contributed by atoms with Crippen LogP contribution in [0, 0.1) is 0 Å². The molecule has 0 radical (unpaired) electrons. The van der Waals surface area contributed by atoms with Crippen molar-refractivity contribution in [1.29, 1.82) is 0 Å². The first kappa shape index (κ1) is 21.1. The van der Waals surface area contributed by atoms with Crippen LogP contribution in [0.1, 0.15) is 18.3 Å². The van der Waals surface area contributed by atoms with E-state index in [2.05, 4.69) is 20.3 Å². The van der Waals surface area contributed by atoms with Crippen LogP contribution in [0.4, 0.5) is 13.2 Å². The van der Waals surface area contributed by atoms with E-state index >= 15 is 0 Å². The zero-order chi connectivity index (χ0) is 21.6. The van der Waals surface area contributed by atoms with E-state index in [-0.39, 0.29) is 32.7 Å². The maximum atomic E-state index is 13.0. The van der Waals surface area contributed by atoms with Crippen molar-refractivity contribution in [3.8, 4) is 11.5 Å². The molecule has 0 fully saturated rings. The van der Waals surface area contributed by atoms with E-state index in [1.54, 1.807) is 14.1 Å². The monoisotopic (exact) mass is 443 g/mol. The fourth-order valence-corrected chi connectivity index (χ4v) is 3.85. The number of nitrogens with one attached hydrogen (secondary N) is 1. The van der Waals surface area contributed by atoms with Crippen molar-refractivity contribution in [3.05, 3.63) is 35.8 Å². The summed E-state index contributed by atoms with van der Waals surface area (Å²) >= 11 is 5.17. The zero-order valence-electron chi connectivity index (χ0n) is 15.6. The number of imidazole rings is 1. The molecule has 0 aromatic carbocycles. The van der Waals surface area contributed by atoms with Crippen molar-refractivity contribution in [3.63, 3.8) is 0 Å². The molecule has 0 unspecified atom stereocenters. The summed E-state index contributed by atoms with van der Waals surface area (Å²) in [5.74, 6) is -0.0878. The SMILES string of the molecule is CCS(=O)(=O)c1ccc(C(=S)NC)nc1-c1nc2cc(C(F)(F)F)ncc2n1C. The number of nitrogens with zero attached hydrogens (tertiary/aromatic N) is 4. The van der Waals surface area contributed by atoms with Crippen molar-refractivity contribution in [1.82, 2.24) is 24.8 Å². The molecule has 0 aliphatic rings. The molecular formula is C17H16F3N5O2S2. The number of hydrogen-bond donors (Lipinski definition) is 1. The van der Waals surface area contributed by atoms with Gasteiger partial charge in [-0.25, -0.2) is 23.4 Å². The second kappa shape index (κ2) is 7.34. The maximum Gasteiger partial charge on any atom is 0.433 e. The van der Waals surface area contributed by atoms with Gasteiger partial charge in [0.05, 0.1) is 33.6 Å². The minimum atomic E-state index is -4.63. The average molecular weight is 443 g/mol. The van der Waals surface area contributed by atoms with Crippen LogP contribution in [0.25, 0.3) is 22.6 Å². The molecule has 0 saturated carbocycles. The highest BCUT2D eigenvalue weighted by atomic mass is 32.2. The highest BCUT2D eigenvalue weighted by Gasteiger charge is 2.33. The standard InChI is InChI=1S/C17H16F3N5O2S2/c1-4-29(26,27)12-6-5-9(16(28)21-2)23-14(12)15-24-10-7-13(17(18,19)20)22-8-11(10)25(15)3/h5-8H,4H2,1-3H3,(H,21,28). The van der Waals surface area contributed by atoms with Crippen LogP contribution >= 0.6 is 12.2 Å². The number of aromatic nitrogens is 4. The minimum absolute atomic E-state index is 0.00853. The van der Waals surface area contributed by atoms with Gasteiger partial charge in [0.2, 0.25) is 0 Å². The first-order chi connectivity index (χ1) is 13.5. The van der Waals surface area contributed by atoms with Crippen LogP contribution in [0.3, 0.4) is 0 Å². The minimum Gasteiger partial charge on any atom is -0.378 e. The number of aryl methyl sites for hydroxylation is 1. The normalized spacial score (nSPS) is 12.3. The molecule has 12 heteroatoms. The lowest BCUT2D eigenvalue weighted by Gasteiger charge is -2.11. The number of rotatable bonds is 4. The van der Waals surface area contributed by atoms with Gasteiger partial charge in [0.15, 0.2) is 15.7 Å². The Morgan fingerprint density at radius 2 is 1.97 bits per heavy atom. The van der Waals surface area contributed by atoms with Gasteiger partial charge in [0.1, 0.15) is 16.4 Å². The van der Waals surface area contributed by atoms with Crippen LogP contribution in [-0.4, -0.2) is 45.7 Å². The van der Waals surface area contributed by atoms with Gasteiger partial charge in [-0.05, 0) is 18.2 Å². The molecule has 7 nitrogen and oxygen atoms in total. The number of hydrogen-bond acceptors (Lipinski definition) is 6. The molecule has 3 aromatic rings. The Morgan fingerprint density at radius 3 is 2.55 bits per heavy atom. The molecular weight excluding hydrogens is 427 g/mol. The Kier molecular flexibility index (Phi) is 5.34. The van der Waals surface area contributed by atoms with E-state index in [1.807, 2.05) is 0 Å². The number of alkyl halides is 3. The Bertz CT molecular complexity index is 1220. The Labute approximate surface area is 169 Å². The largest absolute Gasteiger partial charge is 0.433 e. The number of fused-ring (bicyclic) bond motifs is 1. The summed E-state index contributed by atoms with van der Waals surface area (Å²) in [5.41, 5.74) is -0.443. The number of halogens is 3. The fourth-order valence-electron chi connectivity index (χ4n) is 2.72. The smallest absolute Gasteiger partial charge is 0.378 e. The second-order valence-corrected chi connectivity index (χ2v) is 8.73. The molecule has 0 spiro atoms. The van der Waals surface area contributed by atoms with E-state index in [0.717, 1.165) is 12.3 Å². The van der Waals surface area contributed by atoms with Crippen molar-refractivity contribution in [2.75, 3.05) is 12.8 Å². The quantitative estimate of drug-likeness (QED) is 0.620. The molecule has 0 saturated heterocycles. The van der Waals surface area contributed by atoms with Crippen molar-refractivity contribution >= 4 is 38.1 Å². The van der Waals surface area contributed by atoms with Crippen molar-refractivity contribution in [2.45, 2.75) is 18.0 Å². The Morgan fingerprint density at radius 1 is 1.28 bits per heavy atom. The molecule has 3 rings (SSSR count). The topological polar surface area (TPSA) is 89.8 Å². The summed E-state index contributed by atoms with van der Waals surface area (Å²) in [5, 5.41) is 2.75. The van der Waals surface area contributed by atoms with Crippen LogP contribution in [0.15, 0.2) is 29.3 Å². The lowest BCUT2D eigenvalue weighted by atomic mass is 10.3. The summed E-state index contributed by atoms with van der Waals surface area (Å²) < 4.78 is 65.5. The van der Waals surface area contributed by atoms with E-state index in [0.29, 0.717) is 11.2 Å². The third kappa shape index (κ3) is 3.81. The van der Waals surface area contributed by atoms with E-state index in [9.17, 15) is 21.6 Å². The zero-order valence-corrected chi connectivity index (χ0v) is 17.2. The van der Waals surface area contributed by atoms with Crippen LogP contribution in [0.5, 0.6) is 0 Å². The third-order valence-electron chi connectivity index (χ3n) is 4.30. The van der Waals surface area contributed by atoms with Gasteiger partial charge in [-0.3, -0.25) is 0 Å². The van der Waals surface area contributed by atoms with Crippen molar-refractivity contribution < 1.29 is 21.6 Å². The molecule has 3 heterocycles. The third-order valence-corrected chi connectivity index (χ3v) is 6.48. The highest BCUT2D eigenvalue weighted by molar-refractivity contribution is 7.91. The van der Waals surface area contributed by atoms with Gasteiger partial charge < -0.3 is 9.88 Å². The summed E-state index contributed by atoms with van der Waals surface area (Å²) in [7, 11) is -0.542. The average Bonchev–Trinajstić information content (AvgIpc) is 3.02. The molecule has 0 amide bonds. The molecule has 0 bridgehead atoms. The highest BCUT2D eigenvalue weighted by Crippen LogP contribution is 2.32. The molecule has 29 heavy (non-hydrogen) atoms. The predicted molar refractivity (Wildman–Crippen MR) is 105 cm³/mol. The number of pyridine rings is 2. The van der Waals surface area contributed by atoms with Gasteiger partial charge in [0.25, 0.3) is 0 Å². The van der Waals surface area contributed by atoms with Gasteiger partial charge in [-0.2, -0.15) is 13.2 Å². The molecule has 0 aliphatic carbocycles. The lowest BCUT2D eigenvalue weighted by molar-refractivity contribution is -0.141. The molecule has 1 N–H and O–H groups in total. The van der Waals surface area contributed by atoms with Gasteiger partial charge >= 0.3 is 6.18 Å². The van der Waals surface area contributed by atoms with E-state index in [1.165, 1.54) is 23.6 Å². The summed E-state index contributed by atoms with van der Waals surface area (Å²) in [6.45, 7) is 1.49. The fraction of sp³-hybridized carbons (Fsp3) is 0.294. The molecule has 0 atom stereocenters. The lowest BCUT2D eigenvalue weighted by Crippen LogP contribution is -2.19. The Hall–Kier alpha value is -2.60. The summed E-state index contributed by atoms with van der Waals surface area (Å²) in [6.07, 6.45) is -3.58. The summed E-state index contributed by atoms with van der Waals surface area (Å²) in [4.78, 5) is 12.2. The second-order valence-electron chi connectivity index (χ2n) is 6.08. The first-order valence-electron chi connectivity index (χ1n) is 8.35. The maximum absolute atomic E-state index is 13.0. The number of thiocarbonyl (C=S) groups is 1. The molecule has 3 aromatic heterocycles. The molecule has 154 valence electrons. The van der Waals surface area contributed by atoms with E-state index < -0.39 is 21.7 Å². The van der Waals surface area contributed by atoms with Gasteiger partial charge in [0, 0.05) is 14.1 Å². The van der Waals surface area contributed by atoms with E-state index in [4.69, 9.17) is 12.2 Å². The van der Waals surface area contributed by atoms with Crippen LogP contribution < -0.4 is 5.32 Å². The number of sulfone groups is 1. The van der Waals surface area contributed by atoms with Gasteiger partial charge in [-0.15, -0.1) is 0 Å². The van der Waals surface area contributed by atoms with Crippen molar-refractivity contribution in [2.24, 2.45) is 7.05 Å². The van der Waals surface area contributed by atoms with Crippen LogP contribution in [-0.2, 0) is 23.1 Å². The van der Waals surface area contributed by atoms with Gasteiger partial charge in [-0.1, -0.05) is 19.1 Å².